The highest BCUT2D eigenvalue weighted by Crippen LogP contribution is 2.39. The first kappa shape index (κ1) is 40.3. The molecule has 0 amide bonds. The molecule has 6 aromatic rings. The van der Waals surface area contributed by atoms with Crippen LogP contribution >= 0.6 is 0 Å². The number of hydrogen-bond acceptors (Lipinski definition) is 12. The lowest BCUT2D eigenvalue weighted by atomic mass is 10.2. The highest BCUT2D eigenvalue weighted by molar-refractivity contribution is 5.87. The molecule has 0 fully saturated rings. The van der Waals surface area contributed by atoms with Crippen molar-refractivity contribution in [2.75, 3.05) is 49.7 Å². The quantitative estimate of drug-likeness (QED) is 0.0353. The lowest BCUT2D eigenvalue weighted by Gasteiger charge is -2.18. The Balaban J connectivity index is 1.10. The zero-order valence-electron chi connectivity index (χ0n) is 32.8. The van der Waals surface area contributed by atoms with Gasteiger partial charge in [-0.25, -0.2) is 0 Å². The van der Waals surface area contributed by atoms with Crippen LogP contribution in [-0.4, -0.2) is 40.4 Å². The number of unbranched alkanes of at least 4 members (excludes halogenated alkanes) is 1. The van der Waals surface area contributed by atoms with Gasteiger partial charge in [0, 0.05) is 35.6 Å². The number of nitrogens with one attached hydrogen (secondary N) is 4. The van der Waals surface area contributed by atoms with E-state index in [4.69, 9.17) is 28.4 Å². The van der Waals surface area contributed by atoms with E-state index in [9.17, 15) is 9.59 Å². The topological polar surface area (TPSA) is 138 Å². The summed E-state index contributed by atoms with van der Waals surface area (Å²) in [5.41, 5.74) is 5.70. The van der Waals surface area contributed by atoms with E-state index in [-0.39, 0.29) is 12.8 Å². The first-order valence-electron chi connectivity index (χ1n) is 18.7. The molecular weight excluding hydrogens is 737 g/mol. The van der Waals surface area contributed by atoms with Crippen LogP contribution in [0.4, 0.5) is 45.5 Å². The molecule has 0 aliphatic heterocycles. The lowest BCUT2D eigenvalue weighted by Crippen LogP contribution is -2.12. The van der Waals surface area contributed by atoms with Crippen molar-refractivity contribution in [1.82, 2.24) is 0 Å². The van der Waals surface area contributed by atoms with E-state index in [1.54, 1.807) is 40.6 Å². The van der Waals surface area contributed by atoms with E-state index in [0.717, 1.165) is 34.2 Å². The van der Waals surface area contributed by atoms with Crippen molar-refractivity contribution in [3.05, 3.63) is 133 Å². The molecule has 0 saturated carbocycles. The second kappa shape index (κ2) is 20.0. The third kappa shape index (κ3) is 11.1. The number of carbonyl (C=O) groups is 2. The molecule has 0 aromatic heterocycles. The first-order valence-corrected chi connectivity index (χ1v) is 18.7. The van der Waals surface area contributed by atoms with Gasteiger partial charge in [0.25, 0.3) is 0 Å². The van der Waals surface area contributed by atoms with Crippen LogP contribution in [-0.2, 0) is 9.59 Å². The molecule has 0 aliphatic rings. The van der Waals surface area contributed by atoms with Gasteiger partial charge < -0.3 is 49.7 Å². The van der Waals surface area contributed by atoms with Crippen molar-refractivity contribution >= 4 is 57.4 Å². The van der Waals surface area contributed by atoms with Crippen LogP contribution in [0.15, 0.2) is 133 Å². The van der Waals surface area contributed by atoms with Crippen LogP contribution in [0.25, 0.3) is 0 Å². The number of ether oxygens (including phenoxy) is 6. The second-order valence-corrected chi connectivity index (χ2v) is 12.9. The van der Waals surface area contributed by atoms with Gasteiger partial charge in [0.05, 0.1) is 39.8 Å². The summed E-state index contributed by atoms with van der Waals surface area (Å²) >= 11 is 0. The number of benzene rings is 6. The Hall–Kier alpha value is -7.34. The zero-order valence-corrected chi connectivity index (χ0v) is 32.8. The van der Waals surface area contributed by atoms with E-state index in [1.165, 1.54) is 0 Å². The average Bonchev–Trinajstić information content (AvgIpc) is 3.25. The summed E-state index contributed by atoms with van der Waals surface area (Å²) < 4.78 is 33.0. The predicted molar refractivity (Wildman–Crippen MR) is 228 cm³/mol. The zero-order chi connectivity index (χ0) is 40.7. The first-order chi connectivity index (χ1) is 28.3. The molecule has 58 heavy (non-hydrogen) atoms. The van der Waals surface area contributed by atoms with Crippen molar-refractivity contribution in [3.63, 3.8) is 0 Å². The molecule has 0 spiro atoms. The Labute approximate surface area is 338 Å². The van der Waals surface area contributed by atoms with Gasteiger partial charge in [-0.1, -0.05) is 12.1 Å². The molecule has 0 atom stereocenters. The Morgan fingerprint density at radius 3 is 0.983 bits per heavy atom. The Kier molecular flexibility index (Phi) is 13.9. The van der Waals surface area contributed by atoms with Crippen molar-refractivity contribution in [2.45, 2.75) is 25.7 Å². The minimum Gasteiger partial charge on any atom is -0.497 e. The van der Waals surface area contributed by atoms with Gasteiger partial charge >= 0.3 is 11.9 Å². The molecule has 0 aliphatic carbocycles. The Morgan fingerprint density at radius 1 is 0.397 bits per heavy atom. The number of methoxy groups -OCH3 is 4. The van der Waals surface area contributed by atoms with Crippen LogP contribution in [0.5, 0.6) is 34.5 Å². The van der Waals surface area contributed by atoms with Crippen LogP contribution in [0.2, 0.25) is 0 Å². The molecule has 0 unspecified atom stereocenters. The van der Waals surface area contributed by atoms with Crippen molar-refractivity contribution in [2.24, 2.45) is 0 Å². The van der Waals surface area contributed by atoms with Crippen LogP contribution in [0, 0.1) is 0 Å². The van der Waals surface area contributed by atoms with Crippen LogP contribution in [0.3, 0.4) is 0 Å². The summed E-state index contributed by atoms with van der Waals surface area (Å²) in [6.45, 7) is 0. The molecule has 6 rings (SSSR count). The summed E-state index contributed by atoms with van der Waals surface area (Å²) in [6, 6.07) is 40.7. The summed E-state index contributed by atoms with van der Waals surface area (Å²) in [7, 11) is 6.45. The van der Waals surface area contributed by atoms with E-state index >= 15 is 0 Å². The minimum absolute atomic E-state index is 0.0942. The molecule has 4 N–H and O–H groups in total. The molecule has 12 heteroatoms. The standard InChI is InChI=1S/C46H46N4O8/c1-53-35-23-15-31(16-24-35)47-39-9-7-11-41(45(39)49-33-19-27-37(55-3)28-20-33)57-43(51)13-5-6-14-44(52)58-42-12-8-10-40(48-32-17-25-36(54-2)26-18-32)46(42)50-34-21-29-38(56-4)30-22-34/h7-12,15-30,47-50H,5-6,13-14H2,1-4H3. The van der Waals surface area contributed by atoms with Gasteiger partial charge in [-0.3, -0.25) is 9.59 Å². The highest BCUT2D eigenvalue weighted by atomic mass is 16.5. The lowest BCUT2D eigenvalue weighted by molar-refractivity contribution is -0.136. The number of para-hydroxylation sites is 2. The van der Waals surface area contributed by atoms with Gasteiger partial charge in [0.15, 0.2) is 11.5 Å². The van der Waals surface area contributed by atoms with E-state index in [2.05, 4.69) is 21.3 Å². The van der Waals surface area contributed by atoms with Gasteiger partial charge in [-0.15, -0.1) is 0 Å². The molecule has 298 valence electrons. The maximum absolute atomic E-state index is 13.2. The average molecular weight is 783 g/mol. The third-order valence-electron chi connectivity index (χ3n) is 8.97. The largest absolute Gasteiger partial charge is 0.497 e. The van der Waals surface area contributed by atoms with Crippen molar-refractivity contribution < 1.29 is 38.0 Å². The molecule has 0 heterocycles. The molecule has 0 saturated heterocycles. The monoisotopic (exact) mass is 782 g/mol. The highest BCUT2D eigenvalue weighted by Gasteiger charge is 2.17. The molecule has 0 radical (unpaired) electrons. The number of hydrogen-bond donors (Lipinski definition) is 4. The van der Waals surface area contributed by atoms with Crippen LogP contribution < -0.4 is 49.7 Å². The number of anilines is 8. The van der Waals surface area contributed by atoms with Gasteiger partial charge in [-0.2, -0.15) is 0 Å². The predicted octanol–water partition coefficient (Wildman–Crippen LogP) is 10.8. The Morgan fingerprint density at radius 2 is 0.690 bits per heavy atom. The number of rotatable bonds is 19. The summed E-state index contributed by atoms with van der Waals surface area (Å²) in [5, 5.41) is 13.6. The number of carbonyl (C=O) groups excluding carboxylic acids is 2. The summed E-state index contributed by atoms with van der Waals surface area (Å²) in [4.78, 5) is 26.4. The van der Waals surface area contributed by atoms with Crippen molar-refractivity contribution in [1.29, 1.82) is 0 Å². The van der Waals surface area contributed by atoms with Crippen LogP contribution in [0.1, 0.15) is 25.7 Å². The van der Waals surface area contributed by atoms with Gasteiger partial charge in [-0.05, 0) is 134 Å². The van der Waals surface area contributed by atoms with E-state index < -0.39 is 11.9 Å². The SMILES string of the molecule is COc1ccc(Nc2cccc(OC(=O)CCCCC(=O)Oc3cccc(Nc4ccc(OC)cc4)c3Nc3ccc(OC)cc3)c2Nc2ccc(OC)cc2)cc1. The minimum atomic E-state index is -0.434. The van der Waals surface area contributed by atoms with E-state index in [1.807, 2.05) is 121 Å². The van der Waals surface area contributed by atoms with Gasteiger partial charge in [0.2, 0.25) is 0 Å². The fourth-order valence-electron chi connectivity index (χ4n) is 5.88. The normalized spacial score (nSPS) is 10.5. The molecule has 12 nitrogen and oxygen atoms in total. The summed E-state index contributed by atoms with van der Waals surface area (Å²) in [6.07, 6.45) is 1.01. The van der Waals surface area contributed by atoms with Crippen molar-refractivity contribution in [3.8, 4) is 34.5 Å². The Bertz CT molecular complexity index is 2100. The molecule has 6 aromatic carbocycles. The maximum atomic E-state index is 13.2. The van der Waals surface area contributed by atoms with E-state index in [0.29, 0.717) is 58.6 Å². The maximum Gasteiger partial charge on any atom is 0.311 e. The fraction of sp³-hybridized carbons (Fsp3) is 0.174. The number of esters is 2. The fourth-order valence-corrected chi connectivity index (χ4v) is 5.88. The second-order valence-electron chi connectivity index (χ2n) is 12.9. The molecular formula is C46H46N4O8. The van der Waals surface area contributed by atoms with Gasteiger partial charge in [0.1, 0.15) is 34.4 Å². The molecule has 0 bridgehead atoms. The third-order valence-corrected chi connectivity index (χ3v) is 8.97. The smallest absolute Gasteiger partial charge is 0.311 e. The summed E-state index contributed by atoms with van der Waals surface area (Å²) in [5.74, 6) is 2.72.